The first-order chi connectivity index (χ1) is 14.6. The Labute approximate surface area is 174 Å². The molecular formula is C21H27FN4O4. The smallest absolute Gasteiger partial charge is 0.325 e. The van der Waals surface area contributed by atoms with Crippen LogP contribution in [-0.4, -0.2) is 43.3 Å². The van der Waals surface area contributed by atoms with Gasteiger partial charge in [-0.2, -0.15) is 0 Å². The number of amides is 3. The molecule has 1 heterocycles. The number of carbonyl (C=O) groups excluding carboxylic acids is 2. The van der Waals surface area contributed by atoms with E-state index >= 15 is 0 Å². The van der Waals surface area contributed by atoms with Gasteiger partial charge < -0.3 is 19.8 Å². The Balaban J connectivity index is 1.19. The third-order valence-corrected chi connectivity index (χ3v) is 5.52. The zero-order valence-corrected chi connectivity index (χ0v) is 16.8. The molecular weight excluding hydrogens is 391 g/mol. The molecule has 1 saturated heterocycles. The number of rotatable bonds is 11. The van der Waals surface area contributed by atoms with Crippen LogP contribution in [0.5, 0.6) is 5.75 Å². The summed E-state index contributed by atoms with van der Waals surface area (Å²) in [6, 6.07) is 4.63. The fraction of sp³-hybridized carbons (Fsp3) is 0.524. The summed E-state index contributed by atoms with van der Waals surface area (Å²) in [5.74, 6) is 0.303. The Morgan fingerprint density at radius 1 is 1.30 bits per heavy atom. The van der Waals surface area contributed by atoms with Gasteiger partial charge in [0.25, 0.3) is 0 Å². The van der Waals surface area contributed by atoms with E-state index in [1.165, 1.54) is 11.0 Å². The summed E-state index contributed by atoms with van der Waals surface area (Å²) in [4.78, 5) is 24.1. The van der Waals surface area contributed by atoms with Gasteiger partial charge in [-0.1, -0.05) is 6.07 Å². The van der Waals surface area contributed by atoms with Crippen LogP contribution in [0.2, 0.25) is 0 Å². The number of nitrogens with one attached hydrogen (secondary N) is 3. The standard InChI is InChI=1S/C21H27FN4O4/c22-17-5-4-16(12-18(17)30-13-15-2-3-15)21(7-8-21)25-23-9-1-11-29-14-26-10-6-19(27)24-20(26)28/h1,4-5,9,12,15,23,25H,2-3,6-8,10-11,13-14H2,(H,24,27,28)/b9-1+. The molecule has 162 valence electrons. The van der Waals surface area contributed by atoms with Crippen molar-refractivity contribution in [3.63, 3.8) is 0 Å². The van der Waals surface area contributed by atoms with Crippen LogP contribution in [0, 0.1) is 11.7 Å². The number of hydrogen-bond donors (Lipinski definition) is 3. The fourth-order valence-electron chi connectivity index (χ4n) is 3.25. The lowest BCUT2D eigenvalue weighted by Crippen LogP contribution is -2.50. The van der Waals surface area contributed by atoms with Crippen LogP contribution < -0.4 is 20.9 Å². The Morgan fingerprint density at radius 3 is 2.87 bits per heavy atom. The van der Waals surface area contributed by atoms with Crippen LogP contribution in [-0.2, 0) is 15.1 Å². The summed E-state index contributed by atoms with van der Waals surface area (Å²) >= 11 is 0. The number of imide groups is 1. The van der Waals surface area contributed by atoms with Gasteiger partial charge in [0.05, 0.1) is 18.8 Å². The van der Waals surface area contributed by atoms with Crippen molar-refractivity contribution in [1.82, 2.24) is 21.1 Å². The van der Waals surface area contributed by atoms with Crippen molar-refractivity contribution in [1.29, 1.82) is 0 Å². The number of benzene rings is 1. The van der Waals surface area contributed by atoms with Crippen LogP contribution in [0.4, 0.5) is 9.18 Å². The number of ether oxygens (including phenoxy) is 2. The Hall–Kier alpha value is -2.65. The SMILES string of the molecule is O=C1CCN(COC/C=C/NNC2(c3ccc(F)c(OCC4CC4)c3)CC2)C(=O)N1. The van der Waals surface area contributed by atoms with Crippen LogP contribution in [0.3, 0.4) is 0 Å². The molecule has 8 nitrogen and oxygen atoms in total. The van der Waals surface area contributed by atoms with Crippen LogP contribution in [0.25, 0.3) is 0 Å². The number of halogens is 1. The quantitative estimate of drug-likeness (QED) is 0.377. The second kappa shape index (κ2) is 9.01. The van der Waals surface area contributed by atoms with E-state index in [4.69, 9.17) is 9.47 Å². The van der Waals surface area contributed by atoms with E-state index in [0.717, 1.165) is 31.2 Å². The lowest BCUT2D eigenvalue weighted by atomic mass is 10.1. The molecule has 1 aliphatic heterocycles. The molecule has 0 bridgehead atoms. The zero-order chi connectivity index (χ0) is 21.0. The molecule has 0 radical (unpaired) electrons. The highest BCUT2D eigenvalue weighted by Crippen LogP contribution is 2.46. The summed E-state index contributed by atoms with van der Waals surface area (Å²) in [5, 5.41) is 2.25. The van der Waals surface area contributed by atoms with Gasteiger partial charge >= 0.3 is 6.03 Å². The molecule has 3 N–H and O–H groups in total. The molecule has 2 saturated carbocycles. The molecule has 30 heavy (non-hydrogen) atoms. The average Bonchev–Trinajstić information content (AvgIpc) is 3.64. The van der Waals surface area contributed by atoms with Crippen molar-refractivity contribution < 1.29 is 23.5 Å². The predicted octanol–water partition coefficient (Wildman–Crippen LogP) is 2.13. The molecule has 1 aromatic carbocycles. The topological polar surface area (TPSA) is 91.9 Å². The van der Waals surface area contributed by atoms with E-state index in [9.17, 15) is 14.0 Å². The van der Waals surface area contributed by atoms with Gasteiger partial charge in [0, 0.05) is 19.2 Å². The van der Waals surface area contributed by atoms with Crippen LogP contribution >= 0.6 is 0 Å². The molecule has 0 atom stereocenters. The molecule has 3 fully saturated rings. The second-order valence-electron chi connectivity index (χ2n) is 8.02. The highest BCUT2D eigenvalue weighted by Gasteiger charge is 2.44. The molecule has 9 heteroatoms. The highest BCUT2D eigenvalue weighted by molar-refractivity contribution is 5.96. The summed E-state index contributed by atoms with van der Waals surface area (Å²) < 4.78 is 25.1. The maximum atomic E-state index is 14.0. The number of carbonyl (C=O) groups is 2. The van der Waals surface area contributed by atoms with E-state index in [1.807, 2.05) is 0 Å². The summed E-state index contributed by atoms with van der Waals surface area (Å²) in [6.45, 7) is 1.38. The molecule has 0 spiro atoms. The number of urea groups is 1. The predicted molar refractivity (Wildman–Crippen MR) is 107 cm³/mol. The Kier molecular flexibility index (Phi) is 6.19. The lowest BCUT2D eigenvalue weighted by Gasteiger charge is -2.25. The van der Waals surface area contributed by atoms with E-state index in [2.05, 4.69) is 16.2 Å². The summed E-state index contributed by atoms with van der Waals surface area (Å²) in [7, 11) is 0. The summed E-state index contributed by atoms with van der Waals surface area (Å²) in [5.41, 5.74) is 7.10. The minimum Gasteiger partial charge on any atom is -0.490 e. The van der Waals surface area contributed by atoms with Gasteiger partial charge in [-0.3, -0.25) is 10.1 Å². The van der Waals surface area contributed by atoms with Crippen molar-refractivity contribution in [2.75, 3.05) is 26.5 Å². The molecule has 2 aliphatic carbocycles. The van der Waals surface area contributed by atoms with Crippen molar-refractivity contribution >= 4 is 11.9 Å². The zero-order valence-electron chi connectivity index (χ0n) is 16.8. The first-order valence-corrected chi connectivity index (χ1v) is 10.3. The minimum absolute atomic E-state index is 0.125. The molecule has 3 aliphatic rings. The van der Waals surface area contributed by atoms with E-state index in [-0.39, 0.29) is 30.4 Å². The van der Waals surface area contributed by atoms with Crippen molar-refractivity contribution in [2.24, 2.45) is 5.92 Å². The van der Waals surface area contributed by atoms with Crippen molar-refractivity contribution in [3.05, 3.63) is 41.9 Å². The Bertz CT molecular complexity index is 823. The second-order valence-corrected chi connectivity index (χ2v) is 8.02. The number of hydrazine groups is 1. The summed E-state index contributed by atoms with van der Waals surface area (Å²) in [6.07, 6.45) is 8.02. The molecule has 4 rings (SSSR count). The van der Waals surface area contributed by atoms with Gasteiger partial charge in [-0.25, -0.2) is 14.6 Å². The molecule has 1 aromatic rings. The van der Waals surface area contributed by atoms with E-state index < -0.39 is 6.03 Å². The monoisotopic (exact) mass is 418 g/mol. The van der Waals surface area contributed by atoms with Crippen molar-refractivity contribution in [2.45, 2.75) is 37.6 Å². The van der Waals surface area contributed by atoms with Crippen LogP contribution in [0.15, 0.2) is 30.5 Å². The number of hydrogen-bond acceptors (Lipinski definition) is 6. The molecule has 0 aromatic heterocycles. The highest BCUT2D eigenvalue weighted by atomic mass is 19.1. The maximum Gasteiger partial charge on any atom is 0.325 e. The number of nitrogens with zero attached hydrogens (tertiary/aromatic N) is 1. The molecule has 3 amide bonds. The lowest BCUT2D eigenvalue weighted by molar-refractivity contribution is -0.122. The fourth-order valence-corrected chi connectivity index (χ4v) is 3.25. The third kappa shape index (κ3) is 5.28. The van der Waals surface area contributed by atoms with Gasteiger partial charge in [0.15, 0.2) is 11.6 Å². The third-order valence-electron chi connectivity index (χ3n) is 5.52. The van der Waals surface area contributed by atoms with Gasteiger partial charge in [-0.05, 0) is 55.4 Å². The van der Waals surface area contributed by atoms with E-state index in [1.54, 1.807) is 24.4 Å². The first kappa shape index (κ1) is 20.6. The largest absolute Gasteiger partial charge is 0.490 e. The minimum atomic E-state index is -0.425. The average molecular weight is 418 g/mol. The van der Waals surface area contributed by atoms with Gasteiger partial charge in [0.1, 0.15) is 6.73 Å². The van der Waals surface area contributed by atoms with Gasteiger partial charge in [0.2, 0.25) is 5.91 Å². The molecule has 0 unspecified atom stereocenters. The Morgan fingerprint density at radius 2 is 2.13 bits per heavy atom. The maximum absolute atomic E-state index is 14.0. The van der Waals surface area contributed by atoms with E-state index in [0.29, 0.717) is 31.4 Å². The van der Waals surface area contributed by atoms with Crippen LogP contribution in [0.1, 0.15) is 37.7 Å². The first-order valence-electron chi connectivity index (χ1n) is 10.3. The van der Waals surface area contributed by atoms with Crippen molar-refractivity contribution in [3.8, 4) is 5.75 Å². The normalized spacial score (nSPS) is 20.4. The van der Waals surface area contributed by atoms with Gasteiger partial charge in [-0.15, -0.1) is 0 Å².